The molecule has 9 aromatic carbocycles. The summed E-state index contributed by atoms with van der Waals surface area (Å²) in [6.07, 6.45) is 5.13. The average molecular weight is 1140 g/mol. The number of benzene rings is 9. The minimum atomic E-state index is -0.614. The number of hydrogen-bond donors (Lipinski definition) is 0. The summed E-state index contributed by atoms with van der Waals surface area (Å²) >= 11 is 0. The molecule has 356 valence electrons. The SMILES string of the molecule is [2H]c1c([2H])c([2H])c(-c2cccc(-c3c([2H])c([2H])c([2H])c([2H])c3[2H])c2-[n+]2[c-]n(-c3[c-]c(Oc4[c-]c5c(cc4)c4cc(-n6c7c([2H])c([2H])c([2H])c([2H])c7c7c([2H])c([2H])c([2H])c([2H])c76)ccc4n5-c4cc(C(C)C(C)(C)C)ccn4)ccc3)c3ccccc32)c([2H])c1[2H].[Pt]. The molecular weight excluding hydrogens is 1070 g/mol. The van der Waals surface area contributed by atoms with Gasteiger partial charge in [0.1, 0.15) is 5.82 Å². The number of nitrogens with zero attached hydrogens (tertiary/aromatic N) is 5. The fraction of sp³-hybridized carbons (Fsp3) is 0.0909. The van der Waals surface area contributed by atoms with Crippen molar-refractivity contribution in [2.75, 3.05) is 0 Å². The van der Waals surface area contributed by atoms with Crippen LogP contribution in [0.1, 0.15) is 63.8 Å². The Morgan fingerprint density at radius 2 is 1.22 bits per heavy atom. The van der Waals surface area contributed by atoms with E-state index in [1.54, 1.807) is 82.1 Å². The van der Waals surface area contributed by atoms with Crippen LogP contribution in [0.4, 0.5) is 0 Å². The van der Waals surface area contributed by atoms with Gasteiger partial charge in [-0.25, -0.2) is 4.98 Å². The second-order valence-electron chi connectivity index (χ2n) is 18.4. The summed E-state index contributed by atoms with van der Waals surface area (Å²) in [5, 5.41) is 1.20. The van der Waals surface area contributed by atoms with E-state index in [2.05, 4.69) is 46.2 Å². The largest absolute Gasteiger partial charge is 0.510 e. The van der Waals surface area contributed by atoms with Gasteiger partial charge in [-0.1, -0.05) is 172 Å². The molecule has 73 heavy (non-hydrogen) atoms. The van der Waals surface area contributed by atoms with Crippen LogP contribution in [0.5, 0.6) is 11.5 Å². The van der Waals surface area contributed by atoms with Crippen molar-refractivity contribution in [2.45, 2.75) is 33.6 Å². The Bertz CT molecular complexity index is 5080. The van der Waals surface area contributed by atoms with E-state index in [9.17, 15) is 2.74 Å². The van der Waals surface area contributed by atoms with Gasteiger partial charge < -0.3 is 18.4 Å². The third-order valence-corrected chi connectivity index (χ3v) is 13.3. The molecule has 4 aromatic heterocycles. The van der Waals surface area contributed by atoms with Crippen LogP contribution in [-0.4, -0.2) is 18.7 Å². The van der Waals surface area contributed by atoms with Crippen molar-refractivity contribution >= 4 is 54.6 Å². The Morgan fingerprint density at radius 1 is 0.575 bits per heavy atom. The Hall–Kier alpha value is -8.31. The Kier molecular flexibility index (Phi) is 7.53. The summed E-state index contributed by atoms with van der Waals surface area (Å²) in [6.45, 7) is 8.62. The quantitative estimate of drug-likeness (QED) is 0.107. The molecule has 6 nitrogen and oxygen atoms in total. The van der Waals surface area contributed by atoms with Crippen LogP contribution in [0.15, 0.2) is 218 Å². The number of pyridine rings is 1. The number of para-hydroxylation sites is 5. The van der Waals surface area contributed by atoms with Crippen LogP contribution in [-0.2, 0) is 21.1 Å². The maximum absolute atomic E-state index is 9.17. The van der Waals surface area contributed by atoms with Gasteiger partial charge in [-0.2, -0.15) is 18.2 Å². The number of aromatic nitrogens is 5. The van der Waals surface area contributed by atoms with Crippen molar-refractivity contribution in [3.63, 3.8) is 0 Å². The van der Waals surface area contributed by atoms with Crippen molar-refractivity contribution < 1.29 is 55.0 Å². The van der Waals surface area contributed by atoms with E-state index in [0.29, 0.717) is 50.0 Å². The molecule has 7 heteroatoms. The normalized spacial score (nSPS) is 15.7. The van der Waals surface area contributed by atoms with Gasteiger partial charge in [0.2, 0.25) is 0 Å². The van der Waals surface area contributed by atoms with E-state index >= 15 is 0 Å². The first-order valence-corrected chi connectivity index (χ1v) is 23.1. The van der Waals surface area contributed by atoms with E-state index in [-0.39, 0.29) is 93.6 Å². The van der Waals surface area contributed by atoms with Gasteiger partial charge >= 0.3 is 0 Å². The van der Waals surface area contributed by atoms with E-state index in [1.807, 2.05) is 34.9 Å². The topological polar surface area (TPSA) is 40.8 Å². The van der Waals surface area contributed by atoms with E-state index in [4.69, 9.17) is 31.7 Å². The van der Waals surface area contributed by atoms with Crippen molar-refractivity contribution in [1.82, 2.24) is 18.7 Å². The number of hydrogen-bond acceptors (Lipinski definition) is 2. The third-order valence-electron chi connectivity index (χ3n) is 13.3. The Labute approximate surface area is 464 Å². The van der Waals surface area contributed by atoms with E-state index in [0.717, 1.165) is 5.56 Å². The zero-order valence-electron chi connectivity index (χ0n) is 57.4. The number of ether oxygens (including phenoxy) is 1. The molecule has 13 rings (SSSR count). The van der Waals surface area contributed by atoms with Gasteiger partial charge in [-0.15, -0.1) is 29.7 Å². The molecule has 0 saturated carbocycles. The zero-order valence-corrected chi connectivity index (χ0v) is 41.7. The van der Waals surface area contributed by atoms with E-state index < -0.39 is 109 Å². The fourth-order valence-corrected chi connectivity index (χ4v) is 9.46. The summed E-state index contributed by atoms with van der Waals surface area (Å²) in [7, 11) is 0. The zero-order chi connectivity index (χ0) is 64.2. The smallest absolute Gasteiger partial charge is 0.268 e. The maximum atomic E-state index is 9.17. The molecule has 1 unspecified atom stereocenters. The number of rotatable bonds is 9. The number of fused-ring (bicyclic) bond motifs is 7. The summed E-state index contributed by atoms with van der Waals surface area (Å²) in [4.78, 5) is 4.90. The van der Waals surface area contributed by atoms with Gasteiger partial charge in [0.05, 0.1) is 52.4 Å². The first kappa shape index (κ1) is 29.9. The molecule has 0 fully saturated rings. The van der Waals surface area contributed by atoms with Crippen molar-refractivity contribution in [3.05, 3.63) is 242 Å². The van der Waals surface area contributed by atoms with Gasteiger partial charge in [0.25, 0.3) is 6.33 Å². The molecule has 0 spiro atoms. The summed E-state index contributed by atoms with van der Waals surface area (Å²) in [5.74, 6) is 1.11. The molecule has 0 radical (unpaired) electrons. The van der Waals surface area contributed by atoms with Crippen LogP contribution in [0, 0.1) is 23.9 Å². The van der Waals surface area contributed by atoms with Crippen LogP contribution in [0.3, 0.4) is 0 Å². The predicted octanol–water partition coefficient (Wildman–Crippen LogP) is 16.2. The third kappa shape index (κ3) is 7.94. The molecule has 0 bridgehead atoms. The van der Waals surface area contributed by atoms with Crippen LogP contribution in [0.25, 0.3) is 99.8 Å². The standard InChI is InChI=1S/C66H49N5O.Pt/c1-44(66(2,3)4)47-37-38-67-64(39-47)71-60-36-33-49(70-58-29-13-11-25-54(58)55-26-12-14-30-59(55)70)41-57(60)56-35-34-51(42-63(56)71)72-50-24-17-23-48(40-50)68-43-69(62-32-16-15-31-61(62)68)65-52(45-19-7-5-8-20-45)27-18-28-53(65)46-21-9-6-10-22-46;/h5-39,41,44H,1-4H3;/q-2;/i5D,6D,7D,8D,9D,10D,11D,12D,13D,14D,19D,20D,21D,22D,25D,26D,29D,30D;. The van der Waals surface area contributed by atoms with E-state index in [1.165, 1.54) is 10.6 Å². The molecule has 0 amide bonds. The van der Waals surface area contributed by atoms with Crippen molar-refractivity contribution in [2.24, 2.45) is 5.41 Å². The molecule has 0 N–H and O–H groups in total. The molecule has 0 aliphatic rings. The van der Waals surface area contributed by atoms with Gasteiger partial charge in [-0.3, -0.25) is 4.57 Å². The van der Waals surface area contributed by atoms with Crippen molar-refractivity contribution in [1.29, 1.82) is 0 Å². The Balaban J connectivity index is 0.00000800. The minimum Gasteiger partial charge on any atom is -0.510 e. The second kappa shape index (κ2) is 18.4. The molecule has 13 aromatic rings. The number of imidazole rings is 1. The second-order valence-corrected chi connectivity index (χ2v) is 18.4. The average Bonchev–Trinajstić information content (AvgIpc) is 1.58. The summed E-state index contributed by atoms with van der Waals surface area (Å²) in [5.41, 5.74) is 3.65. The summed E-state index contributed by atoms with van der Waals surface area (Å²) < 4.78 is 172. The van der Waals surface area contributed by atoms with Gasteiger partial charge in [0, 0.05) is 60.7 Å². The van der Waals surface area contributed by atoms with Gasteiger partial charge in [-0.05, 0) is 92.6 Å². The molecule has 0 saturated heterocycles. The van der Waals surface area contributed by atoms with Crippen molar-refractivity contribution in [3.8, 4) is 56.6 Å². The minimum absolute atomic E-state index is 0. The molecule has 0 aliphatic carbocycles. The van der Waals surface area contributed by atoms with Crippen LogP contribution < -0.4 is 9.30 Å². The maximum Gasteiger partial charge on any atom is 0.268 e. The predicted molar refractivity (Wildman–Crippen MR) is 293 cm³/mol. The Morgan fingerprint density at radius 3 is 1.92 bits per heavy atom. The first-order valence-electron chi connectivity index (χ1n) is 32.1. The molecule has 0 aliphatic heterocycles. The monoisotopic (exact) mass is 1140 g/mol. The molecular formula is C66H49N5OPt-2. The van der Waals surface area contributed by atoms with Crippen LogP contribution >= 0.6 is 0 Å². The molecule has 1 atom stereocenters. The first-order chi connectivity index (χ1) is 42.7. The summed E-state index contributed by atoms with van der Waals surface area (Å²) in [6, 6.07) is 27.1. The van der Waals surface area contributed by atoms with Crippen LogP contribution in [0.2, 0.25) is 0 Å². The fourth-order valence-electron chi connectivity index (χ4n) is 9.46. The van der Waals surface area contributed by atoms with Gasteiger partial charge in [0.15, 0.2) is 0 Å². The molecule has 4 heterocycles.